The fourth-order valence-corrected chi connectivity index (χ4v) is 1.19. The second kappa shape index (κ2) is 6.74. The van der Waals surface area contributed by atoms with E-state index >= 15 is 0 Å². The van der Waals surface area contributed by atoms with Crippen molar-refractivity contribution in [2.75, 3.05) is 12.0 Å². The first-order valence-corrected chi connectivity index (χ1v) is 5.35. The molecular weight excluding hydrogens is 226 g/mol. The molecule has 0 saturated carbocycles. The van der Waals surface area contributed by atoms with Crippen molar-refractivity contribution in [3.8, 4) is 0 Å². The zero-order valence-electron chi connectivity index (χ0n) is 8.79. The molecular formula is C11H14ClN3O. The van der Waals surface area contributed by atoms with Crippen molar-refractivity contribution in [2.24, 2.45) is 0 Å². The van der Waals surface area contributed by atoms with Crippen LogP contribution in [0.15, 0.2) is 36.9 Å². The summed E-state index contributed by atoms with van der Waals surface area (Å²) >= 11 is 5.65. The summed E-state index contributed by atoms with van der Waals surface area (Å²) in [6.07, 6.45) is 1.61. The highest BCUT2D eigenvalue weighted by Gasteiger charge is 1.97. The number of carbonyl (C=O) groups excluding carboxylic acids is 1. The van der Waals surface area contributed by atoms with Crippen LogP contribution in [0.1, 0.15) is 5.56 Å². The largest absolute Gasteiger partial charge is 0.333 e. The Bertz CT molecular complexity index is 351. The van der Waals surface area contributed by atoms with Crippen LogP contribution in [-0.2, 0) is 5.88 Å². The Morgan fingerprint density at radius 2 is 2.06 bits per heavy atom. The quantitative estimate of drug-likeness (QED) is 0.419. The van der Waals surface area contributed by atoms with E-state index < -0.39 is 0 Å². The third-order valence-corrected chi connectivity index (χ3v) is 2.14. The topological polar surface area (TPSA) is 53.2 Å². The Morgan fingerprint density at radius 1 is 1.38 bits per heavy atom. The summed E-state index contributed by atoms with van der Waals surface area (Å²) in [6, 6.07) is 7.15. The monoisotopic (exact) mass is 239 g/mol. The summed E-state index contributed by atoms with van der Waals surface area (Å²) < 4.78 is 0. The molecule has 0 atom stereocenters. The summed E-state index contributed by atoms with van der Waals surface area (Å²) in [6.45, 7) is 3.92. The van der Waals surface area contributed by atoms with Gasteiger partial charge in [0.25, 0.3) is 0 Å². The second-order valence-corrected chi connectivity index (χ2v) is 3.35. The normalized spacial score (nSPS) is 9.31. The van der Waals surface area contributed by atoms with Crippen molar-refractivity contribution in [1.82, 2.24) is 10.7 Å². The molecule has 86 valence electrons. The maximum atomic E-state index is 11.1. The molecule has 0 aromatic heterocycles. The second-order valence-electron chi connectivity index (χ2n) is 3.08. The van der Waals surface area contributed by atoms with Crippen molar-refractivity contribution in [3.63, 3.8) is 0 Å². The van der Waals surface area contributed by atoms with Crippen molar-refractivity contribution < 1.29 is 4.79 Å². The van der Waals surface area contributed by atoms with E-state index in [0.717, 1.165) is 11.3 Å². The highest BCUT2D eigenvalue weighted by Crippen LogP contribution is 2.09. The first-order valence-electron chi connectivity index (χ1n) is 4.82. The van der Waals surface area contributed by atoms with Gasteiger partial charge < -0.3 is 5.32 Å². The Hall–Kier alpha value is -1.68. The fourth-order valence-electron chi connectivity index (χ4n) is 1.02. The molecule has 2 amide bonds. The van der Waals surface area contributed by atoms with Gasteiger partial charge in [0.15, 0.2) is 0 Å². The lowest BCUT2D eigenvalue weighted by Gasteiger charge is -2.09. The van der Waals surface area contributed by atoms with E-state index in [-0.39, 0.29) is 6.03 Å². The minimum Gasteiger partial charge on any atom is -0.333 e. The summed E-state index contributed by atoms with van der Waals surface area (Å²) in [5.41, 5.74) is 7.08. The molecule has 0 spiro atoms. The summed E-state index contributed by atoms with van der Waals surface area (Å²) in [5, 5.41) is 2.57. The predicted molar refractivity (Wildman–Crippen MR) is 66.4 cm³/mol. The molecule has 0 radical (unpaired) electrons. The number of amides is 2. The number of hydrogen-bond donors (Lipinski definition) is 3. The van der Waals surface area contributed by atoms with Gasteiger partial charge in [-0.3, -0.25) is 10.9 Å². The number of hydrogen-bond acceptors (Lipinski definition) is 2. The van der Waals surface area contributed by atoms with Crippen LogP contribution in [0, 0.1) is 0 Å². The Kier molecular flexibility index (Phi) is 5.22. The van der Waals surface area contributed by atoms with E-state index in [2.05, 4.69) is 22.7 Å². The molecule has 16 heavy (non-hydrogen) atoms. The molecule has 1 aromatic carbocycles. The van der Waals surface area contributed by atoms with Crippen LogP contribution in [0.4, 0.5) is 10.5 Å². The van der Waals surface area contributed by atoms with Gasteiger partial charge in [0.05, 0.1) is 5.69 Å². The lowest BCUT2D eigenvalue weighted by molar-refractivity contribution is 0.244. The minimum absolute atomic E-state index is 0.304. The summed E-state index contributed by atoms with van der Waals surface area (Å²) in [7, 11) is 0. The Balaban J connectivity index is 2.36. The molecule has 1 rings (SSSR count). The number of rotatable bonds is 5. The van der Waals surface area contributed by atoms with E-state index in [4.69, 9.17) is 11.6 Å². The van der Waals surface area contributed by atoms with Crippen LogP contribution in [-0.4, -0.2) is 12.6 Å². The van der Waals surface area contributed by atoms with Crippen molar-refractivity contribution in [3.05, 3.63) is 42.5 Å². The Morgan fingerprint density at radius 3 is 2.62 bits per heavy atom. The predicted octanol–water partition coefficient (Wildman–Crippen LogP) is 2.24. The van der Waals surface area contributed by atoms with E-state index in [1.807, 2.05) is 24.3 Å². The van der Waals surface area contributed by atoms with Crippen molar-refractivity contribution in [2.45, 2.75) is 5.88 Å². The van der Waals surface area contributed by atoms with Gasteiger partial charge in [-0.05, 0) is 17.7 Å². The zero-order chi connectivity index (χ0) is 11.8. The molecule has 1 aromatic rings. The standard InChI is InChI=1S/C11H14ClN3O/c1-2-7-13-11(16)15-14-10-5-3-9(8-12)4-6-10/h2-6,14H,1,7-8H2,(H2,13,15,16). The highest BCUT2D eigenvalue weighted by molar-refractivity contribution is 6.17. The Labute approximate surface area is 99.7 Å². The van der Waals surface area contributed by atoms with Crippen LogP contribution < -0.4 is 16.2 Å². The van der Waals surface area contributed by atoms with E-state index in [0.29, 0.717) is 12.4 Å². The SMILES string of the molecule is C=CCNC(=O)NNc1ccc(CCl)cc1. The van der Waals surface area contributed by atoms with Gasteiger partial charge in [-0.2, -0.15) is 0 Å². The van der Waals surface area contributed by atoms with Crippen LogP contribution in [0.25, 0.3) is 0 Å². The third-order valence-electron chi connectivity index (χ3n) is 1.84. The average molecular weight is 240 g/mol. The van der Waals surface area contributed by atoms with E-state index in [1.54, 1.807) is 6.08 Å². The molecule has 0 fully saturated rings. The number of alkyl halides is 1. The number of hydrazine groups is 1. The number of anilines is 1. The average Bonchev–Trinajstić information content (AvgIpc) is 2.34. The molecule has 3 N–H and O–H groups in total. The highest BCUT2D eigenvalue weighted by atomic mass is 35.5. The molecule has 4 nitrogen and oxygen atoms in total. The van der Waals surface area contributed by atoms with Gasteiger partial charge in [-0.15, -0.1) is 18.2 Å². The number of nitrogens with one attached hydrogen (secondary N) is 3. The lowest BCUT2D eigenvalue weighted by atomic mass is 10.2. The summed E-state index contributed by atoms with van der Waals surface area (Å²) in [4.78, 5) is 11.1. The van der Waals surface area contributed by atoms with Crippen LogP contribution in [0.2, 0.25) is 0 Å². The number of benzene rings is 1. The van der Waals surface area contributed by atoms with Gasteiger partial charge in [0.2, 0.25) is 0 Å². The van der Waals surface area contributed by atoms with Crippen molar-refractivity contribution >= 4 is 23.3 Å². The first kappa shape index (κ1) is 12.4. The van der Waals surface area contributed by atoms with Crippen LogP contribution in [0.3, 0.4) is 0 Å². The van der Waals surface area contributed by atoms with Crippen LogP contribution >= 0.6 is 11.6 Å². The molecule has 0 aliphatic rings. The molecule has 5 heteroatoms. The van der Waals surface area contributed by atoms with E-state index in [1.165, 1.54) is 0 Å². The van der Waals surface area contributed by atoms with Crippen molar-refractivity contribution in [1.29, 1.82) is 0 Å². The van der Waals surface area contributed by atoms with Crippen LogP contribution in [0.5, 0.6) is 0 Å². The fraction of sp³-hybridized carbons (Fsp3) is 0.182. The molecule has 0 aliphatic heterocycles. The van der Waals surface area contributed by atoms with Gasteiger partial charge in [-0.1, -0.05) is 18.2 Å². The molecule has 0 heterocycles. The summed E-state index contributed by atoms with van der Waals surface area (Å²) in [5.74, 6) is 0.480. The molecule has 0 unspecified atom stereocenters. The lowest BCUT2D eigenvalue weighted by Crippen LogP contribution is -2.38. The number of halogens is 1. The smallest absolute Gasteiger partial charge is 0.333 e. The minimum atomic E-state index is -0.304. The molecule has 0 aliphatic carbocycles. The maximum Gasteiger partial charge on any atom is 0.333 e. The first-order chi connectivity index (χ1) is 7.76. The maximum absolute atomic E-state index is 11.1. The molecule has 0 bridgehead atoms. The van der Waals surface area contributed by atoms with Gasteiger partial charge in [-0.25, -0.2) is 4.79 Å². The number of urea groups is 1. The van der Waals surface area contributed by atoms with E-state index in [9.17, 15) is 4.79 Å². The number of carbonyl (C=O) groups is 1. The van der Waals surface area contributed by atoms with Gasteiger partial charge >= 0.3 is 6.03 Å². The van der Waals surface area contributed by atoms with Gasteiger partial charge in [0.1, 0.15) is 0 Å². The third kappa shape index (κ3) is 4.23. The van der Waals surface area contributed by atoms with Gasteiger partial charge in [0, 0.05) is 12.4 Å². The molecule has 0 saturated heterocycles. The zero-order valence-corrected chi connectivity index (χ0v) is 9.55.